The lowest BCUT2D eigenvalue weighted by atomic mass is 9.77. The van der Waals surface area contributed by atoms with Gasteiger partial charge in [0.25, 0.3) is 0 Å². The Kier molecular flexibility index (Phi) is 6.23. The van der Waals surface area contributed by atoms with Gasteiger partial charge in [0.05, 0.1) is 5.69 Å². The lowest BCUT2D eigenvalue weighted by Gasteiger charge is -2.40. The average Bonchev–Trinajstić information content (AvgIpc) is 2.72. The van der Waals surface area contributed by atoms with Crippen molar-refractivity contribution in [3.8, 4) is 5.75 Å². The second kappa shape index (κ2) is 8.96. The third kappa shape index (κ3) is 4.62. The molecule has 4 rings (SSSR count). The molecule has 0 radical (unpaired) electrons. The number of hydrogen-bond donors (Lipinski definition) is 1. The maximum absolute atomic E-state index is 13.0. The summed E-state index contributed by atoms with van der Waals surface area (Å²) in [5, 5.41) is 2.97. The number of likely N-dealkylation sites (N-methyl/N-ethyl adjacent to an activating group) is 1. The van der Waals surface area contributed by atoms with Crippen molar-refractivity contribution in [2.24, 2.45) is 11.8 Å². The van der Waals surface area contributed by atoms with E-state index in [2.05, 4.69) is 10.3 Å². The first-order valence-electron chi connectivity index (χ1n) is 11.3. The highest BCUT2D eigenvalue weighted by molar-refractivity contribution is 6.03. The number of nitrogens with zero attached hydrogens (tertiary/aromatic N) is 4. The molecule has 2 heterocycles. The summed E-state index contributed by atoms with van der Waals surface area (Å²) in [5.74, 6) is 1.92. The zero-order valence-corrected chi connectivity index (χ0v) is 19.6. The van der Waals surface area contributed by atoms with Gasteiger partial charge < -0.3 is 19.9 Å². The summed E-state index contributed by atoms with van der Waals surface area (Å²) < 4.78 is 18.4. The van der Waals surface area contributed by atoms with Crippen molar-refractivity contribution in [1.82, 2.24) is 14.9 Å². The van der Waals surface area contributed by atoms with E-state index in [0.717, 1.165) is 30.2 Å². The molecule has 1 aliphatic heterocycles. The summed E-state index contributed by atoms with van der Waals surface area (Å²) in [5.41, 5.74) is 1.44. The van der Waals surface area contributed by atoms with E-state index >= 15 is 0 Å². The zero-order chi connectivity index (χ0) is 23.9. The number of carbonyl (C=O) groups excluding carboxylic acids is 2. The van der Waals surface area contributed by atoms with Crippen LogP contribution >= 0.6 is 0 Å². The number of aromatic nitrogens is 2. The second-order valence-corrected chi connectivity index (χ2v) is 9.34. The van der Waals surface area contributed by atoms with Gasteiger partial charge >= 0.3 is 6.09 Å². The molecule has 0 spiro atoms. The van der Waals surface area contributed by atoms with Crippen LogP contribution in [0.5, 0.6) is 5.75 Å². The molecule has 2 aromatic rings. The number of halogens is 1. The fourth-order valence-corrected chi connectivity index (χ4v) is 4.63. The molecule has 0 saturated heterocycles. The first-order valence-corrected chi connectivity index (χ1v) is 11.3. The van der Waals surface area contributed by atoms with Crippen LogP contribution in [0, 0.1) is 24.6 Å². The van der Waals surface area contributed by atoms with Gasteiger partial charge in [-0.05, 0) is 55.9 Å². The Morgan fingerprint density at radius 3 is 2.58 bits per heavy atom. The van der Waals surface area contributed by atoms with Crippen molar-refractivity contribution >= 4 is 23.5 Å². The van der Waals surface area contributed by atoms with E-state index in [0.29, 0.717) is 23.8 Å². The minimum absolute atomic E-state index is 0.0307. The van der Waals surface area contributed by atoms with Crippen LogP contribution < -0.4 is 15.0 Å². The van der Waals surface area contributed by atoms with Crippen LogP contribution in [0.4, 0.5) is 20.7 Å². The van der Waals surface area contributed by atoms with Gasteiger partial charge in [0.15, 0.2) is 5.82 Å². The number of amides is 2. The second-order valence-electron chi connectivity index (χ2n) is 9.34. The summed E-state index contributed by atoms with van der Waals surface area (Å²) in [4.78, 5) is 37.8. The number of carbonyl (C=O) groups is 2. The maximum Gasteiger partial charge on any atom is 0.415 e. The summed E-state index contributed by atoms with van der Waals surface area (Å²) in [7, 11) is 3.62. The van der Waals surface area contributed by atoms with Crippen LogP contribution in [0.2, 0.25) is 0 Å². The average molecular weight is 456 g/mol. The van der Waals surface area contributed by atoms with E-state index in [1.54, 1.807) is 11.9 Å². The van der Waals surface area contributed by atoms with Crippen molar-refractivity contribution in [2.45, 2.75) is 52.1 Å². The molecule has 0 bridgehead atoms. The predicted octanol–water partition coefficient (Wildman–Crippen LogP) is 3.79. The van der Waals surface area contributed by atoms with E-state index in [-0.39, 0.29) is 29.7 Å². The molecule has 1 aliphatic carbocycles. The standard InChI is InChI=1S/C24H30FN5O3/c1-13(2)21-23(31)28-20-14(3)26-19(27-22(20)30(21)5)12-15-10-17(11-15)29(4)24(32)33-18-8-6-16(25)7-9-18/h6-9,13,15,17,21H,10-12H2,1-5H3,(H,28,31)/t15?,17?,21-/m0/s1. The number of ether oxygens (including phenoxy) is 1. The normalized spacial score (nSPS) is 21.8. The van der Waals surface area contributed by atoms with Gasteiger partial charge in [-0.3, -0.25) is 4.79 Å². The Hall–Kier alpha value is -3.23. The predicted molar refractivity (Wildman–Crippen MR) is 123 cm³/mol. The maximum atomic E-state index is 13.0. The molecule has 2 aliphatic rings. The largest absolute Gasteiger partial charge is 0.415 e. The molecule has 176 valence electrons. The Morgan fingerprint density at radius 2 is 1.94 bits per heavy atom. The fraction of sp³-hybridized carbons (Fsp3) is 0.500. The molecule has 2 amide bonds. The lowest BCUT2D eigenvalue weighted by molar-refractivity contribution is -0.118. The Bertz CT molecular complexity index is 1050. The highest BCUT2D eigenvalue weighted by atomic mass is 19.1. The number of rotatable bonds is 5. The Morgan fingerprint density at radius 1 is 1.27 bits per heavy atom. The van der Waals surface area contributed by atoms with Gasteiger partial charge in [-0.25, -0.2) is 19.2 Å². The van der Waals surface area contributed by atoms with Crippen LogP contribution in [0.3, 0.4) is 0 Å². The minimum atomic E-state index is -0.456. The van der Waals surface area contributed by atoms with Crippen molar-refractivity contribution in [3.63, 3.8) is 0 Å². The van der Waals surface area contributed by atoms with Crippen molar-refractivity contribution in [2.75, 3.05) is 24.3 Å². The van der Waals surface area contributed by atoms with Crippen molar-refractivity contribution in [3.05, 3.63) is 41.6 Å². The van der Waals surface area contributed by atoms with Crippen LogP contribution in [0.15, 0.2) is 24.3 Å². The molecule has 9 heteroatoms. The summed E-state index contributed by atoms with van der Waals surface area (Å²) >= 11 is 0. The molecule has 1 aromatic heterocycles. The van der Waals surface area contributed by atoms with E-state index in [4.69, 9.17) is 9.72 Å². The molecule has 0 unspecified atom stereocenters. The number of aryl methyl sites for hydroxylation is 1. The van der Waals surface area contributed by atoms with Crippen molar-refractivity contribution in [1.29, 1.82) is 0 Å². The molecule has 8 nitrogen and oxygen atoms in total. The highest BCUT2D eigenvalue weighted by Crippen LogP contribution is 2.37. The molecule has 1 aromatic carbocycles. The third-order valence-electron chi connectivity index (χ3n) is 6.55. The van der Waals surface area contributed by atoms with E-state index in [1.165, 1.54) is 24.3 Å². The Labute approximate surface area is 193 Å². The molecule has 1 atom stereocenters. The van der Waals surface area contributed by atoms with Crippen LogP contribution in [0.1, 0.15) is 38.2 Å². The molecular weight excluding hydrogens is 425 g/mol. The van der Waals surface area contributed by atoms with E-state index in [1.807, 2.05) is 32.7 Å². The quantitative estimate of drug-likeness (QED) is 0.738. The molecule has 1 saturated carbocycles. The zero-order valence-electron chi connectivity index (χ0n) is 19.6. The molecule has 1 N–H and O–H groups in total. The van der Waals surface area contributed by atoms with Crippen LogP contribution in [-0.2, 0) is 11.2 Å². The number of anilines is 2. The summed E-state index contributed by atoms with van der Waals surface area (Å²) in [6.45, 7) is 5.93. The smallest absolute Gasteiger partial charge is 0.410 e. The number of fused-ring (bicyclic) bond motifs is 1. The van der Waals surface area contributed by atoms with Crippen molar-refractivity contribution < 1.29 is 18.7 Å². The van der Waals surface area contributed by atoms with Gasteiger partial charge in [0.2, 0.25) is 5.91 Å². The van der Waals surface area contributed by atoms with Crippen LogP contribution in [0.25, 0.3) is 0 Å². The molecule has 1 fully saturated rings. The number of nitrogens with one attached hydrogen (secondary N) is 1. The van der Waals surface area contributed by atoms with Gasteiger partial charge in [-0.15, -0.1) is 0 Å². The molecule has 33 heavy (non-hydrogen) atoms. The minimum Gasteiger partial charge on any atom is -0.410 e. The number of benzene rings is 1. The monoisotopic (exact) mass is 455 g/mol. The van der Waals surface area contributed by atoms with Gasteiger partial charge in [-0.1, -0.05) is 13.8 Å². The van der Waals surface area contributed by atoms with Gasteiger partial charge in [0.1, 0.15) is 29.1 Å². The topological polar surface area (TPSA) is 87.7 Å². The van der Waals surface area contributed by atoms with Crippen LogP contribution in [-0.4, -0.2) is 53.0 Å². The Balaban J connectivity index is 1.37. The SMILES string of the molecule is Cc1nc(CC2CC(N(C)C(=O)Oc3ccc(F)cc3)C2)nc2c1NC(=O)[C@H](C(C)C)N2C. The van der Waals surface area contributed by atoms with Gasteiger partial charge in [-0.2, -0.15) is 0 Å². The highest BCUT2D eigenvalue weighted by Gasteiger charge is 2.38. The first-order chi connectivity index (χ1) is 15.6. The fourth-order valence-electron chi connectivity index (χ4n) is 4.63. The lowest BCUT2D eigenvalue weighted by Crippen LogP contribution is -2.50. The third-order valence-corrected chi connectivity index (χ3v) is 6.55. The first kappa shape index (κ1) is 22.9. The van der Waals surface area contributed by atoms with Gasteiger partial charge in [0, 0.05) is 26.6 Å². The van der Waals surface area contributed by atoms with E-state index in [9.17, 15) is 14.0 Å². The van der Waals surface area contributed by atoms with E-state index < -0.39 is 6.09 Å². The summed E-state index contributed by atoms with van der Waals surface area (Å²) in [6.07, 6.45) is 1.91. The summed E-state index contributed by atoms with van der Waals surface area (Å²) in [6, 6.07) is 5.19. The molecular formula is C24H30FN5O3. The number of hydrogen-bond acceptors (Lipinski definition) is 6.